The molecule has 0 aromatic carbocycles. The molecule has 0 fully saturated rings. The highest BCUT2D eigenvalue weighted by Crippen LogP contribution is 2.10. The van der Waals surface area contributed by atoms with Gasteiger partial charge in [0.2, 0.25) is 0 Å². The van der Waals surface area contributed by atoms with Gasteiger partial charge in [0.15, 0.2) is 6.67 Å². The summed E-state index contributed by atoms with van der Waals surface area (Å²) < 4.78 is 11.6. The van der Waals surface area contributed by atoms with Crippen molar-refractivity contribution in [1.29, 1.82) is 0 Å². The van der Waals surface area contributed by atoms with Gasteiger partial charge in [-0.1, -0.05) is 115 Å². The maximum Gasteiger partial charge on any atom is 0.150 e. The number of aliphatic hydroxyl groups is 1. The molecule has 0 aliphatic carbocycles. The largest absolute Gasteiger partial charge is 0.384 e. The van der Waals surface area contributed by atoms with Crippen LogP contribution in [0.4, 0.5) is 4.39 Å². The fourth-order valence-electron chi connectivity index (χ4n) is 2.69. The van der Waals surface area contributed by atoms with Crippen LogP contribution < -0.4 is 0 Å². The summed E-state index contributed by atoms with van der Waals surface area (Å²) in [5.74, 6) is 22.6. The van der Waals surface area contributed by atoms with Gasteiger partial charge in [0.05, 0.1) is 0 Å². The molecule has 0 amide bonds. The van der Waals surface area contributed by atoms with Crippen molar-refractivity contribution in [3.8, 4) is 47.4 Å². The molecule has 0 aliphatic heterocycles. The Balaban J connectivity index is -0.000000276. The minimum Gasteiger partial charge on any atom is -0.384 e. The van der Waals surface area contributed by atoms with E-state index in [2.05, 4.69) is 96.6 Å². The van der Waals surface area contributed by atoms with Crippen molar-refractivity contribution in [1.82, 2.24) is 15.0 Å². The number of aliphatic hydroxyl groups excluding tert-OH is 1. The molecule has 5 heteroatoms. The molecule has 0 bridgehead atoms. The monoisotopic (exact) mass is 694 g/mol. The second-order valence-electron chi connectivity index (χ2n) is 10.5. The van der Waals surface area contributed by atoms with E-state index in [0.717, 1.165) is 52.2 Å². The molecule has 0 aliphatic rings. The first-order valence-electron chi connectivity index (χ1n) is 17.7. The minimum absolute atomic E-state index is 0.0604. The van der Waals surface area contributed by atoms with Crippen LogP contribution in [0.25, 0.3) is 0 Å². The third kappa shape index (κ3) is 36.2. The summed E-state index contributed by atoms with van der Waals surface area (Å²) in [6, 6.07) is 11.6. The summed E-state index contributed by atoms with van der Waals surface area (Å²) >= 11 is 0. The summed E-state index contributed by atoms with van der Waals surface area (Å²) in [5.41, 5.74) is 6.67. The van der Waals surface area contributed by atoms with Crippen molar-refractivity contribution < 1.29 is 9.50 Å². The van der Waals surface area contributed by atoms with Gasteiger partial charge in [-0.3, -0.25) is 15.0 Å². The summed E-state index contributed by atoms with van der Waals surface area (Å²) in [5, 5.41) is 8.27. The van der Waals surface area contributed by atoms with Crippen LogP contribution in [0.3, 0.4) is 0 Å². The molecule has 1 N–H and O–H groups in total. The third-order valence-electron chi connectivity index (χ3n) is 5.07. The van der Waals surface area contributed by atoms with E-state index in [0.29, 0.717) is 0 Å². The number of aromatic nitrogens is 3. The van der Waals surface area contributed by atoms with Crippen molar-refractivity contribution in [2.45, 2.75) is 110 Å². The van der Waals surface area contributed by atoms with Gasteiger partial charge in [0.25, 0.3) is 0 Å². The van der Waals surface area contributed by atoms with Gasteiger partial charge in [0.1, 0.15) is 6.61 Å². The molecule has 0 saturated carbocycles. The molecule has 0 spiro atoms. The zero-order chi connectivity index (χ0) is 39.9. The van der Waals surface area contributed by atoms with Gasteiger partial charge >= 0.3 is 0 Å². The molecular weight excluding hydrogens is 630 g/mol. The number of rotatable bonds is 2. The van der Waals surface area contributed by atoms with E-state index < -0.39 is 6.67 Å². The fourth-order valence-corrected chi connectivity index (χ4v) is 2.69. The molecule has 3 aromatic rings. The average Bonchev–Trinajstić information content (AvgIpc) is 3.15. The molecule has 4 nitrogen and oxygen atoms in total. The Morgan fingerprint density at radius 3 is 1.43 bits per heavy atom. The first-order valence-corrected chi connectivity index (χ1v) is 17.7. The Kier molecular flexibility index (Phi) is 39.3. The van der Waals surface area contributed by atoms with Crippen molar-refractivity contribution >= 4 is 0 Å². The van der Waals surface area contributed by atoms with Crippen LogP contribution in [0, 0.1) is 73.5 Å². The predicted octanol–water partition coefficient (Wildman–Crippen LogP) is 11.2. The first-order chi connectivity index (χ1) is 24.5. The van der Waals surface area contributed by atoms with Gasteiger partial charge in [0, 0.05) is 69.8 Å². The molecule has 0 saturated heterocycles. The molecule has 0 radical (unpaired) electrons. The Bertz CT molecular complexity index is 1550. The normalized spacial score (nSPS) is 8.67. The van der Waals surface area contributed by atoms with Gasteiger partial charge in [-0.05, 0) is 91.3 Å². The summed E-state index contributed by atoms with van der Waals surface area (Å²) in [6.07, 6.45) is 10.8. The first kappa shape index (κ1) is 52.9. The highest BCUT2D eigenvalue weighted by molar-refractivity contribution is 5.36. The number of hydrogen-bond donors (Lipinski definition) is 1. The van der Waals surface area contributed by atoms with E-state index in [9.17, 15) is 4.39 Å². The fraction of sp³-hybridized carbons (Fsp3) is 0.413. The van der Waals surface area contributed by atoms with E-state index in [-0.39, 0.29) is 12.0 Å². The van der Waals surface area contributed by atoms with E-state index in [1.807, 2.05) is 124 Å². The third-order valence-corrected chi connectivity index (χ3v) is 5.07. The van der Waals surface area contributed by atoms with E-state index in [4.69, 9.17) is 5.11 Å². The Morgan fingerprint density at radius 2 is 1.14 bits per heavy atom. The SMILES string of the molecule is C=C/C(C#CCO)=C\C.CC.CC.CC.CCCC#Cc1ccc(C)nc1.Cc1ccc(C#CC(C)(C)C)cn1.Cc1ccc(C#CCF)cn1. The Morgan fingerprint density at radius 1 is 0.725 bits per heavy atom. The number of pyridine rings is 3. The van der Waals surface area contributed by atoms with Crippen LogP contribution >= 0.6 is 0 Å². The Labute approximate surface area is 312 Å². The van der Waals surface area contributed by atoms with Crippen LogP contribution in [0.5, 0.6) is 0 Å². The van der Waals surface area contributed by atoms with Crippen LogP contribution in [-0.4, -0.2) is 33.3 Å². The van der Waals surface area contributed by atoms with Gasteiger partial charge < -0.3 is 5.11 Å². The van der Waals surface area contributed by atoms with Crippen LogP contribution in [-0.2, 0) is 0 Å². The lowest BCUT2D eigenvalue weighted by Gasteiger charge is -2.06. The minimum atomic E-state index is -0.603. The molecule has 51 heavy (non-hydrogen) atoms. The molecule has 3 heterocycles. The number of hydrogen-bond acceptors (Lipinski definition) is 4. The summed E-state index contributed by atoms with van der Waals surface area (Å²) in [7, 11) is 0. The van der Waals surface area contributed by atoms with Crippen molar-refractivity contribution in [2.24, 2.45) is 5.41 Å². The molecule has 3 aromatic heterocycles. The predicted molar refractivity (Wildman–Crippen MR) is 221 cm³/mol. The smallest absolute Gasteiger partial charge is 0.150 e. The zero-order valence-corrected chi connectivity index (χ0v) is 34.1. The van der Waals surface area contributed by atoms with Gasteiger partial charge in [-0.2, -0.15) is 0 Å². The van der Waals surface area contributed by atoms with E-state index in [1.165, 1.54) is 0 Å². The van der Waals surface area contributed by atoms with Gasteiger partial charge in [-0.25, -0.2) is 4.39 Å². The van der Waals surface area contributed by atoms with Crippen LogP contribution in [0.2, 0.25) is 0 Å². The quantitative estimate of drug-likeness (QED) is 0.214. The van der Waals surface area contributed by atoms with E-state index >= 15 is 0 Å². The van der Waals surface area contributed by atoms with E-state index in [1.54, 1.807) is 12.3 Å². The Hall–Kier alpha value is -4.94. The number of aryl methyl sites for hydroxylation is 3. The summed E-state index contributed by atoms with van der Waals surface area (Å²) in [4.78, 5) is 12.3. The van der Waals surface area contributed by atoms with Crippen LogP contribution in [0.1, 0.15) is 123 Å². The maximum absolute atomic E-state index is 11.6. The molecular formula is C46H64FN3O. The lowest BCUT2D eigenvalue weighted by atomic mass is 9.97. The molecule has 0 unspecified atom stereocenters. The zero-order valence-electron chi connectivity index (χ0n) is 34.1. The summed E-state index contributed by atoms with van der Waals surface area (Å²) in [6.45, 7) is 31.0. The average molecular weight is 694 g/mol. The second-order valence-corrected chi connectivity index (χ2v) is 10.5. The standard InChI is InChI=1S/C12H15N.C11H13N.C9H8FN.C8H10O.3C2H6/c1-10-5-6-11(9-13-10)7-8-12(2,3)4;1-3-4-5-6-11-8-7-10(2)12-9-11;1-8-4-5-9(7-11-8)3-2-6-10;1-3-8(4-2)6-5-7-9;3*1-2/h5-6,9H,1-4H3;7-9H,3-4H2,1-2H3;4-5,7H,6H2,1H3;3-4,9H,1,7H2,2H3;3*1-2H3/b;;;8-4+;;;. The second kappa shape index (κ2) is 37.9. The highest BCUT2D eigenvalue weighted by atomic mass is 19.1. The van der Waals surface area contributed by atoms with Crippen molar-refractivity contribution in [3.05, 3.63) is 113 Å². The highest BCUT2D eigenvalue weighted by Gasteiger charge is 2.03. The number of alkyl halides is 1. The maximum atomic E-state index is 11.6. The lowest BCUT2D eigenvalue weighted by molar-refractivity contribution is 0.350. The molecule has 276 valence electrons. The number of unbranched alkanes of at least 4 members (excludes halogenated alkanes) is 1. The number of nitrogens with zero attached hydrogens (tertiary/aromatic N) is 3. The van der Waals surface area contributed by atoms with Crippen molar-refractivity contribution in [2.75, 3.05) is 13.3 Å². The topological polar surface area (TPSA) is 58.9 Å². The van der Waals surface area contributed by atoms with Gasteiger partial charge in [-0.15, -0.1) is 0 Å². The lowest BCUT2D eigenvalue weighted by Crippen LogP contribution is -1.99. The van der Waals surface area contributed by atoms with Crippen LogP contribution in [0.15, 0.2) is 79.3 Å². The number of halogens is 1. The molecule has 3 rings (SSSR count). The molecule has 0 atom stereocenters. The number of allylic oxidation sites excluding steroid dienone is 3. The van der Waals surface area contributed by atoms with Crippen molar-refractivity contribution in [3.63, 3.8) is 0 Å².